The van der Waals surface area contributed by atoms with E-state index in [1.54, 1.807) is 7.11 Å². The van der Waals surface area contributed by atoms with Crippen LogP contribution in [0.4, 0.5) is 0 Å². The van der Waals surface area contributed by atoms with E-state index in [0.29, 0.717) is 5.92 Å². The fourth-order valence-electron chi connectivity index (χ4n) is 2.31. The van der Waals surface area contributed by atoms with Crippen molar-refractivity contribution < 1.29 is 9.47 Å². The molecule has 1 aromatic rings. The van der Waals surface area contributed by atoms with Crippen LogP contribution in [0, 0.1) is 5.92 Å². The van der Waals surface area contributed by atoms with Gasteiger partial charge in [0.25, 0.3) is 0 Å². The van der Waals surface area contributed by atoms with E-state index in [1.165, 1.54) is 19.3 Å². The SMILES string of the molecule is CCCCC(CC)COc1c(CNC)cccc1OC. The number of para-hydroxylation sites is 1. The Morgan fingerprint density at radius 2 is 2.05 bits per heavy atom. The molecule has 0 saturated heterocycles. The van der Waals surface area contributed by atoms with Gasteiger partial charge in [0.15, 0.2) is 11.5 Å². The maximum absolute atomic E-state index is 6.10. The summed E-state index contributed by atoms with van der Waals surface area (Å²) in [5.41, 5.74) is 1.15. The van der Waals surface area contributed by atoms with Crippen molar-refractivity contribution in [2.75, 3.05) is 20.8 Å². The molecule has 0 amide bonds. The topological polar surface area (TPSA) is 30.5 Å². The molecular weight excluding hydrogens is 250 g/mol. The normalized spacial score (nSPS) is 12.2. The predicted octanol–water partition coefficient (Wildman–Crippen LogP) is 4.01. The standard InChI is InChI=1S/C17H29NO2/c1-5-7-9-14(6-2)13-20-17-15(12-18-3)10-8-11-16(17)19-4/h8,10-11,14,18H,5-7,9,12-13H2,1-4H3. The van der Waals surface area contributed by atoms with E-state index in [-0.39, 0.29) is 0 Å². The molecule has 0 bridgehead atoms. The molecule has 0 aliphatic rings. The highest BCUT2D eigenvalue weighted by Gasteiger charge is 2.13. The minimum atomic E-state index is 0.627. The lowest BCUT2D eigenvalue weighted by Gasteiger charge is -2.19. The Kier molecular flexibility index (Phi) is 8.12. The molecule has 1 N–H and O–H groups in total. The summed E-state index contributed by atoms with van der Waals surface area (Å²) >= 11 is 0. The fourth-order valence-corrected chi connectivity index (χ4v) is 2.31. The molecule has 0 spiro atoms. The van der Waals surface area contributed by atoms with Crippen LogP contribution in [0.15, 0.2) is 18.2 Å². The number of benzene rings is 1. The van der Waals surface area contributed by atoms with Crippen LogP contribution < -0.4 is 14.8 Å². The zero-order chi connectivity index (χ0) is 14.8. The third-order valence-corrected chi connectivity index (χ3v) is 3.65. The monoisotopic (exact) mass is 279 g/mol. The molecule has 0 aliphatic heterocycles. The third-order valence-electron chi connectivity index (χ3n) is 3.65. The van der Waals surface area contributed by atoms with E-state index in [1.807, 2.05) is 19.2 Å². The lowest BCUT2D eigenvalue weighted by atomic mass is 10.0. The lowest BCUT2D eigenvalue weighted by molar-refractivity contribution is 0.222. The van der Waals surface area contributed by atoms with Crippen molar-refractivity contribution in [3.63, 3.8) is 0 Å². The van der Waals surface area contributed by atoms with Gasteiger partial charge in [0.1, 0.15) is 0 Å². The van der Waals surface area contributed by atoms with Crippen molar-refractivity contribution in [2.24, 2.45) is 5.92 Å². The molecule has 0 aromatic heterocycles. The van der Waals surface area contributed by atoms with Gasteiger partial charge in [0.2, 0.25) is 0 Å². The summed E-state index contributed by atoms with van der Waals surface area (Å²) in [5.74, 6) is 2.34. The van der Waals surface area contributed by atoms with Gasteiger partial charge in [0.05, 0.1) is 13.7 Å². The van der Waals surface area contributed by atoms with Gasteiger partial charge < -0.3 is 14.8 Å². The Morgan fingerprint density at radius 1 is 1.25 bits per heavy atom. The molecule has 0 fully saturated rings. The number of ether oxygens (including phenoxy) is 2. The van der Waals surface area contributed by atoms with Gasteiger partial charge in [-0.15, -0.1) is 0 Å². The molecule has 0 radical (unpaired) electrons. The molecule has 1 rings (SSSR count). The predicted molar refractivity (Wildman–Crippen MR) is 84.6 cm³/mol. The average Bonchev–Trinajstić information content (AvgIpc) is 2.48. The Morgan fingerprint density at radius 3 is 2.65 bits per heavy atom. The van der Waals surface area contributed by atoms with Crippen LogP contribution in [-0.4, -0.2) is 20.8 Å². The number of hydrogen-bond donors (Lipinski definition) is 1. The molecule has 114 valence electrons. The smallest absolute Gasteiger partial charge is 0.165 e. The molecular formula is C17H29NO2. The summed E-state index contributed by atoms with van der Waals surface area (Å²) in [5, 5.41) is 3.18. The quantitative estimate of drug-likeness (QED) is 0.702. The second-order valence-electron chi connectivity index (χ2n) is 5.21. The van der Waals surface area contributed by atoms with Gasteiger partial charge in [0, 0.05) is 12.1 Å². The second-order valence-corrected chi connectivity index (χ2v) is 5.21. The van der Waals surface area contributed by atoms with E-state index in [4.69, 9.17) is 9.47 Å². The number of hydrogen-bond acceptors (Lipinski definition) is 3. The average molecular weight is 279 g/mol. The van der Waals surface area contributed by atoms with Gasteiger partial charge in [-0.1, -0.05) is 45.2 Å². The molecule has 0 saturated carbocycles. The van der Waals surface area contributed by atoms with Crippen LogP contribution in [0.3, 0.4) is 0 Å². The Hall–Kier alpha value is -1.22. The highest BCUT2D eigenvalue weighted by molar-refractivity contribution is 5.46. The van der Waals surface area contributed by atoms with Crippen LogP contribution in [0.1, 0.15) is 45.1 Å². The van der Waals surface area contributed by atoms with E-state index in [0.717, 1.165) is 36.6 Å². The third kappa shape index (κ3) is 5.04. The van der Waals surface area contributed by atoms with Crippen LogP contribution in [0.5, 0.6) is 11.5 Å². The first kappa shape index (κ1) is 16.8. The van der Waals surface area contributed by atoms with E-state index < -0.39 is 0 Å². The summed E-state index contributed by atoms with van der Waals surface area (Å²) < 4.78 is 11.5. The van der Waals surface area contributed by atoms with E-state index >= 15 is 0 Å². The van der Waals surface area contributed by atoms with Crippen LogP contribution in [0.2, 0.25) is 0 Å². The number of nitrogens with one attached hydrogen (secondary N) is 1. The first-order chi connectivity index (χ1) is 9.76. The summed E-state index contributed by atoms with van der Waals surface area (Å²) in [7, 11) is 3.64. The Balaban J connectivity index is 2.73. The maximum atomic E-state index is 6.10. The van der Waals surface area contributed by atoms with Gasteiger partial charge in [-0.25, -0.2) is 0 Å². The van der Waals surface area contributed by atoms with Crippen molar-refractivity contribution in [3.05, 3.63) is 23.8 Å². The number of unbranched alkanes of at least 4 members (excludes halogenated alkanes) is 1. The molecule has 20 heavy (non-hydrogen) atoms. The summed E-state index contributed by atoms with van der Waals surface area (Å²) in [6.45, 7) is 6.03. The van der Waals surface area contributed by atoms with Gasteiger partial charge in [-0.3, -0.25) is 0 Å². The number of rotatable bonds is 10. The highest BCUT2D eigenvalue weighted by atomic mass is 16.5. The summed E-state index contributed by atoms with van der Waals surface area (Å²) in [6, 6.07) is 6.05. The van der Waals surface area contributed by atoms with Gasteiger partial charge in [-0.2, -0.15) is 0 Å². The first-order valence-electron chi connectivity index (χ1n) is 7.70. The number of methoxy groups -OCH3 is 1. The fraction of sp³-hybridized carbons (Fsp3) is 0.647. The maximum Gasteiger partial charge on any atom is 0.165 e. The molecule has 3 nitrogen and oxygen atoms in total. The van der Waals surface area contributed by atoms with Crippen LogP contribution in [0.25, 0.3) is 0 Å². The summed E-state index contributed by atoms with van der Waals surface area (Å²) in [6.07, 6.45) is 4.92. The largest absolute Gasteiger partial charge is 0.493 e. The van der Waals surface area contributed by atoms with E-state index in [2.05, 4.69) is 25.2 Å². The molecule has 0 heterocycles. The zero-order valence-electron chi connectivity index (χ0n) is 13.4. The first-order valence-corrected chi connectivity index (χ1v) is 7.70. The zero-order valence-corrected chi connectivity index (χ0v) is 13.4. The van der Waals surface area contributed by atoms with Crippen molar-refractivity contribution in [3.8, 4) is 11.5 Å². The Labute approximate surface area is 123 Å². The minimum absolute atomic E-state index is 0.627. The van der Waals surface area contributed by atoms with Crippen molar-refractivity contribution >= 4 is 0 Å². The molecule has 3 heteroatoms. The van der Waals surface area contributed by atoms with Gasteiger partial charge >= 0.3 is 0 Å². The minimum Gasteiger partial charge on any atom is -0.493 e. The lowest BCUT2D eigenvalue weighted by Crippen LogP contribution is -2.14. The van der Waals surface area contributed by atoms with Crippen molar-refractivity contribution in [2.45, 2.75) is 46.1 Å². The Bertz CT molecular complexity index is 379. The molecule has 1 aromatic carbocycles. The van der Waals surface area contributed by atoms with Crippen molar-refractivity contribution in [1.82, 2.24) is 5.32 Å². The molecule has 1 atom stereocenters. The second kappa shape index (κ2) is 9.65. The summed E-state index contributed by atoms with van der Waals surface area (Å²) in [4.78, 5) is 0. The molecule has 1 unspecified atom stereocenters. The van der Waals surface area contributed by atoms with Crippen molar-refractivity contribution in [1.29, 1.82) is 0 Å². The van der Waals surface area contributed by atoms with Crippen LogP contribution in [-0.2, 0) is 6.54 Å². The van der Waals surface area contributed by atoms with Gasteiger partial charge in [-0.05, 0) is 25.5 Å². The highest BCUT2D eigenvalue weighted by Crippen LogP contribution is 2.32. The molecule has 0 aliphatic carbocycles. The van der Waals surface area contributed by atoms with Crippen LogP contribution >= 0.6 is 0 Å². The van der Waals surface area contributed by atoms with E-state index in [9.17, 15) is 0 Å².